The van der Waals surface area contributed by atoms with Gasteiger partial charge >= 0.3 is 5.97 Å². The molecule has 0 aliphatic carbocycles. The first-order valence-corrected chi connectivity index (χ1v) is 6.30. The van der Waals surface area contributed by atoms with Crippen LogP contribution in [0, 0.1) is 0 Å². The molecule has 106 valence electrons. The average Bonchev–Trinajstić information content (AvgIpc) is 2.47. The van der Waals surface area contributed by atoms with Crippen molar-refractivity contribution in [1.29, 1.82) is 0 Å². The van der Waals surface area contributed by atoms with E-state index in [9.17, 15) is 9.59 Å². The Labute approximate surface area is 116 Å². The van der Waals surface area contributed by atoms with Crippen molar-refractivity contribution in [3.63, 3.8) is 0 Å². The molecule has 0 fully saturated rings. The molecule has 20 heavy (non-hydrogen) atoms. The van der Waals surface area contributed by atoms with Crippen molar-refractivity contribution in [2.24, 2.45) is 0 Å². The van der Waals surface area contributed by atoms with Gasteiger partial charge in [0.25, 0.3) is 5.56 Å². The maximum atomic E-state index is 12.4. The van der Waals surface area contributed by atoms with Crippen LogP contribution < -0.4 is 10.3 Å². The number of rotatable bonds is 4. The van der Waals surface area contributed by atoms with Gasteiger partial charge in [0.1, 0.15) is 11.8 Å². The van der Waals surface area contributed by atoms with Gasteiger partial charge in [-0.2, -0.15) is 0 Å². The van der Waals surface area contributed by atoms with Crippen molar-refractivity contribution in [1.82, 2.24) is 9.55 Å². The van der Waals surface area contributed by atoms with E-state index in [4.69, 9.17) is 9.47 Å². The van der Waals surface area contributed by atoms with Crippen LogP contribution >= 0.6 is 0 Å². The lowest BCUT2D eigenvalue weighted by Crippen LogP contribution is -2.29. The lowest BCUT2D eigenvalue weighted by atomic mass is 10.2. The molecule has 0 spiro atoms. The lowest BCUT2D eigenvalue weighted by molar-refractivity contribution is -0.146. The first-order valence-electron chi connectivity index (χ1n) is 6.30. The highest BCUT2D eigenvalue weighted by atomic mass is 16.5. The van der Waals surface area contributed by atoms with Crippen molar-refractivity contribution in [2.45, 2.75) is 19.9 Å². The average molecular weight is 276 g/mol. The number of fused-ring (bicyclic) bond motifs is 1. The summed E-state index contributed by atoms with van der Waals surface area (Å²) < 4.78 is 11.3. The number of methoxy groups -OCH3 is 1. The standard InChI is InChI=1S/C14H16N2O4/c1-4-20-14(18)9(2)16-6-5-12-11(13(16)17)7-10(19-3)8-15-12/h5-9H,4H2,1-3H3. The molecule has 0 saturated heterocycles. The highest BCUT2D eigenvalue weighted by Crippen LogP contribution is 2.16. The highest BCUT2D eigenvalue weighted by molar-refractivity contribution is 5.79. The number of pyridine rings is 2. The van der Waals surface area contributed by atoms with Crippen LogP contribution in [0.25, 0.3) is 10.9 Å². The Bertz CT molecular complexity index is 693. The number of carbonyl (C=O) groups is 1. The summed E-state index contributed by atoms with van der Waals surface area (Å²) in [6.45, 7) is 3.63. The van der Waals surface area contributed by atoms with E-state index in [1.807, 2.05) is 0 Å². The topological polar surface area (TPSA) is 70.4 Å². The molecule has 1 atom stereocenters. The molecule has 2 aromatic rings. The smallest absolute Gasteiger partial charge is 0.328 e. The molecule has 1 unspecified atom stereocenters. The second-order valence-electron chi connectivity index (χ2n) is 4.26. The summed E-state index contributed by atoms with van der Waals surface area (Å²) in [7, 11) is 1.51. The number of hydrogen-bond acceptors (Lipinski definition) is 5. The summed E-state index contributed by atoms with van der Waals surface area (Å²) in [4.78, 5) is 28.3. The fourth-order valence-corrected chi connectivity index (χ4v) is 1.91. The summed E-state index contributed by atoms with van der Waals surface area (Å²) in [5.74, 6) is 0.0564. The molecule has 0 bridgehead atoms. The van der Waals surface area contributed by atoms with Crippen molar-refractivity contribution in [2.75, 3.05) is 13.7 Å². The normalized spacial score (nSPS) is 12.2. The van der Waals surface area contributed by atoms with Gasteiger partial charge in [0.2, 0.25) is 0 Å². The second kappa shape index (κ2) is 5.73. The Morgan fingerprint density at radius 1 is 1.50 bits per heavy atom. The quantitative estimate of drug-likeness (QED) is 0.792. The van der Waals surface area contributed by atoms with Gasteiger partial charge < -0.3 is 14.0 Å². The fourth-order valence-electron chi connectivity index (χ4n) is 1.91. The van der Waals surface area contributed by atoms with E-state index in [-0.39, 0.29) is 12.2 Å². The van der Waals surface area contributed by atoms with Crippen LogP contribution in [-0.2, 0) is 9.53 Å². The third kappa shape index (κ3) is 2.49. The number of ether oxygens (including phenoxy) is 2. The van der Waals surface area contributed by atoms with Gasteiger partial charge in [-0.1, -0.05) is 0 Å². The lowest BCUT2D eigenvalue weighted by Gasteiger charge is -2.14. The molecule has 2 rings (SSSR count). The number of nitrogens with zero attached hydrogens (tertiary/aromatic N) is 2. The van der Waals surface area contributed by atoms with Gasteiger partial charge in [0.15, 0.2) is 0 Å². The number of carbonyl (C=O) groups excluding carboxylic acids is 1. The van der Waals surface area contributed by atoms with E-state index in [0.717, 1.165) is 0 Å². The Morgan fingerprint density at radius 2 is 2.25 bits per heavy atom. The van der Waals surface area contributed by atoms with Gasteiger partial charge in [-0.25, -0.2) is 4.79 Å². The molecule has 0 aliphatic heterocycles. The molecule has 0 N–H and O–H groups in total. The molecule has 0 radical (unpaired) electrons. The van der Waals surface area contributed by atoms with Crippen LogP contribution in [0.4, 0.5) is 0 Å². The number of aromatic nitrogens is 2. The minimum atomic E-state index is -0.682. The molecular weight excluding hydrogens is 260 g/mol. The maximum absolute atomic E-state index is 12.4. The van der Waals surface area contributed by atoms with Crippen LogP contribution in [-0.4, -0.2) is 29.2 Å². The van der Waals surface area contributed by atoms with Crippen LogP contribution in [0.1, 0.15) is 19.9 Å². The van der Waals surface area contributed by atoms with Crippen molar-refractivity contribution in [3.05, 3.63) is 34.9 Å². The monoisotopic (exact) mass is 276 g/mol. The van der Waals surface area contributed by atoms with E-state index in [1.54, 1.807) is 38.4 Å². The SMILES string of the molecule is CCOC(=O)C(C)n1ccc2ncc(OC)cc2c1=O. The summed E-state index contributed by atoms with van der Waals surface area (Å²) >= 11 is 0. The summed E-state index contributed by atoms with van der Waals surface area (Å²) in [5.41, 5.74) is 0.262. The minimum absolute atomic E-state index is 0.279. The van der Waals surface area contributed by atoms with Gasteiger partial charge in [-0.05, 0) is 26.0 Å². The zero-order valence-corrected chi connectivity index (χ0v) is 11.6. The predicted octanol–water partition coefficient (Wildman–Crippen LogP) is 1.53. The first-order chi connectivity index (χ1) is 9.58. The van der Waals surface area contributed by atoms with Crippen LogP contribution in [0.3, 0.4) is 0 Å². The largest absolute Gasteiger partial charge is 0.495 e. The molecule has 2 aromatic heterocycles. The summed E-state index contributed by atoms with van der Waals surface area (Å²) in [6, 6.07) is 2.61. The first kappa shape index (κ1) is 14.0. The maximum Gasteiger partial charge on any atom is 0.328 e. The molecule has 0 amide bonds. The molecular formula is C14H16N2O4. The zero-order valence-electron chi connectivity index (χ0n) is 11.6. The van der Waals surface area contributed by atoms with E-state index in [0.29, 0.717) is 16.7 Å². The molecule has 0 aromatic carbocycles. The Morgan fingerprint density at radius 3 is 2.90 bits per heavy atom. The van der Waals surface area contributed by atoms with Gasteiger partial charge in [-0.3, -0.25) is 9.78 Å². The fraction of sp³-hybridized carbons (Fsp3) is 0.357. The molecule has 6 nitrogen and oxygen atoms in total. The third-order valence-electron chi connectivity index (χ3n) is 3.03. The highest BCUT2D eigenvalue weighted by Gasteiger charge is 2.18. The van der Waals surface area contributed by atoms with Crippen LogP contribution in [0.15, 0.2) is 29.3 Å². The van der Waals surface area contributed by atoms with Gasteiger partial charge in [-0.15, -0.1) is 0 Å². The Kier molecular flexibility index (Phi) is 4.02. The molecule has 6 heteroatoms. The minimum Gasteiger partial charge on any atom is -0.495 e. The Hall–Kier alpha value is -2.37. The van der Waals surface area contributed by atoms with Gasteiger partial charge in [0, 0.05) is 6.20 Å². The second-order valence-corrected chi connectivity index (χ2v) is 4.26. The molecule has 0 aliphatic rings. The van der Waals surface area contributed by atoms with E-state index in [2.05, 4.69) is 4.98 Å². The predicted molar refractivity (Wildman–Crippen MR) is 73.9 cm³/mol. The third-order valence-corrected chi connectivity index (χ3v) is 3.03. The van der Waals surface area contributed by atoms with Crippen molar-refractivity contribution >= 4 is 16.9 Å². The number of esters is 1. The van der Waals surface area contributed by atoms with Gasteiger partial charge in [0.05, 0.1) is 30.8 Å². The zero-order chi connectivity index (χ0) is 14.7. The number of hydrogen-bond donors (Lipinski definition) is 0. The molecule has 2 heterocycles. The van der Waals surface area contributed by atoms with Crippen molar-refractivity contribution in [3.8, 4) is 5.75 Å². The van der Waals surface area contributed by atoms with Crippen LogP contribution in [0.2, 0.25) is 0 Å². The van der Waals surface area contributed by atoms with Crippen LogP contribution in [0.5, 0.6) is 5.75 Å². The summed E-state index contributed by atoms with van der Waals surface area (Å²) in [5, 5.41) is 0.406. The van der Waals surface area contributed by atoms with E-state index >= 15 is 0 Å². The molecule has 0 saturated carbocycles. The Balaban J connectivity index is 2.53. The van der Waals surface area contributed by atoms with E-state index in [1.165, 1.54) is 11.7 Å². The summed E-state index contributed by atoms with van der Waals surface area (Å²) in [6.07, 6.45) is 3.09. The van der Waals surface area contributed by atoms with Crippen molar-refractivity contribution < 1.29 is 14.3 Å². The van der Waals surface area contributed by atoms with E-state index < -0.39 is 12.0 Å².